The molecule has 0 aromatic heterocycles. The first-order valence-corrected chi connectivity index (χ1v) is 4.99. The maximum absolute atomic E-state index is 11.0. The molecule has 2 amide bonds. The average Bonchev–Trinajstić information content (AvgIpc) is 2.51. The number of thioether (sulfide) groups is 1. The van der Waals surface area contributed by atoms with Crippen molar-refractivity contribution >= 4 is 29.1 Å². The van der Waals surface area contributed by atoms with Gasteiger partial charge in [0.1, 0.15) is 0 Å². The molecule has 0 saturated heterocycles. The summed E-state index contributed by atoms with van der Waals surface area (Å²) in [6.07, 6.45) is -0.0140. The Bertz CT molecular complexity index is 281. The second-order valence-electron chi connectivity index (χ2n) is 3.12. The highest BCUT2D eigenvalue weighted by atomic mass is 32.2. The lowest BCUT2D eigenvalue weighted by atomic mass is 9.93. The number of hydrogen-bond donors (Lipinski definition) is 3. The summed E-state index contributed by atoms with van der Waals surface area (Å²) in [4.78, 5) is 25.8. The largest absolute Gasteiger partial charge is 0.370 e. The molecule has 1 unspecified atom stereocenters. The van der Waals surface area contributed by atoms with Gasteiger partial charge in [0.2, 0.25) is 11.8 Å². The van der Waals surface area contributed by atoms with Crippen LogP contribution in [0.15, 0.2) is 4.99 Å². The molecule has 0 bridgehead atoms. The van der Waals surface area contributed by atoms with Crippen molar-refractivity contribution in [3.8, 4) is 0 Å². The lowest BCUT2D eigenvalue weighted by Crippen LogP contribution is -2.38. The first-order valence-electron chi connectivity index (χ1n) is 3.94. The van der Waals surface area contributed by atoms with E-state index in [1.54, 1.807) is 5.55 Å². The SMILES string of the molecule is NC(=O)CC1(CC(=O)NO)CSC=N1. The summed E-state index contributed by atoms with van der Waals surface area (Å²) in [5.74, 6) is -0.537. The van der Waals surface area contributed by atoms with Gasteiger partial charge < -0.3 is 5.73 Å². The van der Waals surface area contributed by atoms with Gasteiger partial charge in [-0.15, -0.1) is 11.8 Å². The number of hydroxylamine groups is 1. The number of rotatable bonds is 4. The summed E-state index contributed by atoms with van der Waals surface area (Å²) >= 11 is 1.41. The summed E-state index contributed by atoms with van der Waals surface area (Å²) in [5.41, 5.74) is 7.39. The number of amides is 2. The van der Waals surface area contributed by atoms with Crippen LogP contribution in [0, 0.1) is 0 Å². The predicted octanol–water partition coefficient (Wildman–Crippen LogP) is -0.729. The van der Waals surface area contributed by atoms with Crippen molar-refractivity contribution in [3.63, 3.8) is 0 Å². The van der Waals surface area contributed by atoms with E-state index in [-0.39, 0.29) is 12.8 Å². The number of nitrogens with two attached hydrogens (primary N) is 1. The quantitative estimate of drug-likeness (QED) is 0.426. The Kier molecular flexibility index (Phi) is 3.48. The molecule has 78 valence electrons. The van der Waals surface area contributed by atoms with Gasteiger partial charge in [-0.3, -0.25) is 19.8 Å². The Morgan fingerprint density at radius 3 is 2.79 bits per heavy atom. The molecule has 0 spiro atoms. The summed E-state index contributed by atoms with van der Waals surface area (Å²) in [6, 6.07) is 0. The van der Waals surface area contributed by atoms with E-state index >= 15 is 0 Å². The molecule has 1 rings (SSSR count). The van der Waals surface area contributed by atoms with Crippen LogP contribution in [0.1, 0.15) is 12.8 Å². The van der Waals surface area contributed by atoms with E-state index in [9.17, 15) is 9.59 Å². The molecule has 0 saturated carbocycles. The van der Waals surface area contributed by atoms with Crippen LogP contribution in [0.4, 0.5) is 0 Å². The average molecular weight is 217 g/mol. The fraction of sp³-hybridized carbons (Fsp3) is 0.571. The number of nitrogens with zero attached hydrogens (tertiary/aromatic N) is 1. The Morgan fingerprint density at radius 2 is 2.36 bits per heavy atom. The van der Waals surface area contributed by atoms with Crippen molar-refractivity contribution in [1.82, 2.24) is 5.48 Å². The van der Waals surface area contributed by atoms with Crippen LogP contribution in [0.2, 0.25) is 0 Å². The van der Waals surface area contributed by atoms with E-state index in [2.05, 4.69) is 4.99 Å². The zero-order valence-corrected chi connectivity index (χ0v) is 8.21. The second kappa shape index (κ2) is 4.43. The molecule has 1 atom stereocenters. The minimum absolute atomic E-state index is 0.0178. The lowest BCUT2D eigenvalue weighted by molar-refractivity contribution is -0.130. The number of carbonyl (C=O) groups is 2. The molecule has 0 aromatic carbocycles. The van der Waals surface area contributed by atoms with E-state index < -0.39 is 17.4 Å². The van der Waals surface area contributed by atoms with Gasteiger partial charge in [0.15, 0.2) is 0 Å². The van der Waals surface area contributed by atoms with E-state index in [1.165, 1.54) is 17.2 Å². The standard InChI is InChI=1S/C7H11N3O3S/c8-5(11)1-7(2-6(12)10-13)3-14-4-9-7/h4,13H,1-3H2,(H2,8,11)(H,10,12). The number of carbonyl (C=O) groups excluding carboxylic acids is 2. The third kappa shape index (κ3) is 2.71. The second-order valence-corrected chi connectivity index (χ2v) is 3.96. The molecule has 1 aliphatic heterocycles. The van der Waals surface area contributed by atoms with Crippen LogP contribution in [0.3, 0.4) is 0 Å². The molecule has 1 aliphatic rings. The van der Waals surface area contributed by atoms with Gasteiger partial charge in [0, 0.05) is 5.75 Å². The molecule has 14 heavy (non-hydrogen) atoms. The van der Waals surface area contributed by atoms with Crippen LogP contribution < -0.4 is 11.2 Å². The zero-order chi connectivity index (χ0) is 10.6. The number of hydrogen-bond acceptors (Lipinski definition) is 5. The molecule has 4 N–H and O–H groups in total. The normalized spacial score (nSPS) is 24.9. The Labute approximate surface area is 84.9 Å². The van der Waals surface area contributed by atoms with Crippen molar-refractivity contribution in [3.05, 3.63) is 0 Å². The first kappa shape index (κ1) is 11.0. The maximum Gasteiger partial charge on any atom is 0.245 e. The van der Waals surface area contributed by atoms with Crippen molar-refractivity contribution in [1.29, 1.82) is 0 Å². The van der Waals surface area contributed by atoms with Crippen molar-refractivity contribution in [2.24, 2.45) is 10.7 Å². The molecular weight excluding hydrogens is 206 g/mol. The number of aliphatic imine (C=N–C) groups is 1. The summed E-state index contributed by atoms with van der Waals surface area (Å²) in [7, 11) is 0. The summed E-state index contributed by atoms with van der Waals surface area (Å²) in [5, 5.41) is 8.37. The molecule has 0 radical (unpaired) electrons. The van der Waals surface area contributed by atoms with Gasteiger partial charge in [0.25, 0.3) is 0 Å². The van der Waals surface area contributed by atoms with E-state index in [0.29, 0.717) is 5.75 Å². The third-order valence-corrected chi connectivity index (χ3v) is 2.83. The summed E-state index contributed by atoms with van der Waals surface area (Å²) < 4.78 is 0. The number of nitrogens with one attached hydrogen (secondary N) is 1. The van der Waals surface area contributed by atoms with Crippen LogP contribution in [0.5, 0.6) is 0 Å². The van der Waals surface area contributed by atoms with Crippen molar-refractivity contribution < 1.29 is 14.8 Å². The summed E-state index contributed by atoms with van der Waals surface area (Å²) in [6.45, 7) is 0. The highest BCUT2D eigenvalue weighted by molar-refractivity contribution is 8.12. The molecule has 1 heterocycles. The van der Waals surface area contributed by atoms with Gasteiger partial charge in [-0.1, -0.05) is 0 Å². The van der Waals surface area contributed by atoms with Gasteiger partial charge in [-0.25, -0.2) is 5.48 Å². The Hall–Kier alpha value is -1.08. The van der Waals surface area contributed by atoms with Crippen molar-refractivity contribution in [2.45, 2.75) is 18.4 Å². The Morgan fingerprint density at radius 1 is 1.64 bits per heavy atom. The molecule has 0 aromatic rings. The van der Waals surface area contributed by atoms with E-state index in [1.807, 2.05) is 0 Å². The minimum atomic E-state index is -0.774. The molecule has 7 heteroatoms. The van der Waals surface area contributed by atoms with E-state index in [0.717, 1.165) is 0 Å². The molecule has 6 nitrogen and oxygen atoms in total. The van der Waals surface area contributed by atoms with Gasteiger partial charge >= 0.3 is 0 Å². The van der Waals surface area contributed by atoms with Crippen LogP contribution >= 0.6 is 11.8 Å². The fourth-order valence-electron chi connectivity index (χ4n) is 1.30. The van der Waals surface area contributed by atoms with Gasteiger partial charge in [0.05, 0.1) is 23.9 Å². The Balaban J connectivity index is 2.67. The lowest BCUT2D eigenvalue weighted by Gasteiger charge is -2.22. The zero-order valence-electron chi connectivity index (χ0n) is 7.40. The monoisotopic (exact) mass is 217 g/mol. The fourth-order valence-corrected chi connectivity index (χ4v) is 2.26. The predicted molar refractivity (Wildman–Crippen MR) is 52.0 cm³/mol. The topological polar surface area (TPSA) is 105 Å². The maximum atomic E-state index is 11.0. The van der Waals surface area contributed by atoms with Crippen LogP contribution in [-0.2, 0) is 9.59 Å². The van der Waals surface area contributed by atoms with Crippen molar-refractivity contribution in [2.75, 3.05) is 5.75 Å². The molecule has 0 fully saturated rings. The third-order valence-electron chi connectivity index (χ3n) is 1.87. The first-order chi connectivity index (χ1) is 6.58. The number of primary amides is 1. The smallest absolute Gasteiger partial charge is 0.245 e. The van der Waals surface area contributed by atoms with Gasteiger partial charge in [-0.2, -0.15) is 0 Å². The highest BCUT2D eigenvalue weighted by Crippen LogP contribution is 2.30. The van der Waals surface area contributed by atoms with Crippen LogP contribution in [0.25, 0.3) is 0 Å². The molecule has 0 aliphatic carbocycles. The van der Waals surface area contributed by atoms with Crippen LogP contribution in [-0.4, -0.2) is 33.9 Å². The minimum Gasteiger partial charge on any atom is -0.370 e. The van der Waals surface area contributed by atoms with E-state index in [4.69, 9.17) is 10.9 Å². The molecular formula is C7H11N3O3S. The van der Waals surface area contributed by atoms with Gasteiger partial charge in [-0.05, 0) is 0 Å². The highest BCUT2D eigenvalue weighted by Gasteiger charge is 2.36.